The molecule has 1 aromatic heterocycles. The molecule has 7 nitrogen and oxygen atoms in total. The van der Waals surface area contributed by atoms with Gasteiger partial charge in [-0.15, -0.1) is 0 Å². The van der Waals surface area contributed by atoms with Crippen molar-refractivity contribution in [3.8, 4) is 0 Å². The van der Waals surface area contributed by atoms with Crippen molar-refractivity contribution in [2.24, 2.45) is 7.05 Å². The first kappa shape index (κ1) is 21.2. The lowest BCUT2D eigenvalue weighted by Gasteiger charge is -2.28. The molecule has 27 heavy (non-hydrogen) atoms. The summed E-state index contributed by atoms with van der Waals surface area (Å²) in [5.74, 6) is 0.151. The van der Waals surface area contributed by atoms with Crippen LogP contribution in [-0.2, 0) is 23.2 Å². The predicted octanol–water partition coefficient (Wildman–Crippen LogP) is 1.62. The highest BCUT2D eigenvalue weighted by Crippen LogP contribution is 2.23. The van der Waals surface area contributed by atoms with Crippen molar-refractivity contribution >= 4 is 11.8 Å². The summed E-state index contributed by atoms with van der Waals surface area (Å²) in [7, 11) is 1.91. The zero-order valence-corrected chi connectivity index (χ0v) is 17.2. The van der Waals surface area contributed by atoms with Crippen LogP contribution < -0.4 is 5.32 Å². The van der Waals surface area contributed by atoms with E-state index < -0.39 is 0 Å². The zero-order chi connectivity index (χ0) is 20.0. The number of allylic oxidation sites excluding steroid dienone is 1. The van der Waals surface area contributed by atoms with Crippen LogP contribution >= 0.6 is 0 Å². The van der Waals surface area contributed by atoms with E-state index in [1.165, 1.54) is 0 Å². The van der Waals surface area contributed by atoms with E-state index in [0.29, 0.717) is 39.0 Å². The van der Waals surface area contributed by atoms with Gasteiger partial charge in [0.2, 0.25) is 11.8 Å². The third-order valence-electron chi connectivity index (χ3n) is 5.16. The van der Waals surface area contributed by atoms with Gasteiger partial charge in [-0.25, -0.2) is 0 Å². The molecule has 1 aliphatic rings. The van der Waals surface area contributed by atoms with Gasteiger partial charge in [0.1, 0.15) is 0 Å². The molecule has 0 aromatic carbocycles. The first-order valence-electron chi connectivity index (χ1n) is 9.82. The monoisotopic (exact) mass is 375 g/mol. The average Bonchev–Trinajstić information content (AvgIpc) is 3.16. The molecular formula is C20H33N5O2. The molecule has 0 bridgehead atoms. The van der Waals surface area contributed by atoms with E-state index in [1.807, 2.05) is 58.0 Å². The van der Waals surface area contributed by atoms with E-state index in [-0.39, 0.29) is 23.9 Å². The molecule has 1 aromatic rings. The molecule has 0 saturated carbocycles. The number of amides is 2. The minimum atomic E-state index is -0.212. The van der Waals surface area contributed by atoms with Gasteiger partial charge in [0.05, 0.1) is 11.7 Å². The van der Waals surface area contributed by atoms with Gasteiger partial charge < -0.3 is 10.2 Å². The number of nitrogens with one attached hydrogen (secondary N) is 1. The summed E-state index contributed by atoms with van der Waals surface area (Å²) in [6, 6.07) is -0.222. The SMILES string of the molecule is CC=CCC(=O)N[C@H]1C[C@@H](C(=O)N(CC)CC)N(Cc2cn(C)nc2C)C1. The van der Waals surface area contributed by atoms with Crippen LogP contribution in [0.3, 0.4) is 0 Å². The second-order valence-electron chi connectivity index (χ2n) is 7.14. The largest absolute Gasteiger partial charge is 0.352 e. The molecule has 1 N–H and O–H groups in total. The van der Waals surface area contributed by atoms with Crippen molar-refractivity contribution < 1.29 is 9.59 Å². The number of hydrogen-bond donors (Lipinski definition) is 1. The number of carbonyl (C=O) groups excluding carboxylic acids is 2. The third-order valence-corrected chi connectivity index (χ3v) is 5.16. The Kier molecular flexibility index (Phi) is 7.59. The van der Waals surface area contributed by atoms with E-state index >= 15 is 0 Å². The van der Waals surface area contributed by atoms with Gasteiger partial charge in [-0.3, -0.25) is 19.2 Å². The van der Waals surface area contributed by atoms with Gasteiger partial charge in [-0.2, -0.15) is 5.10 Å². The quantitative estimate of drug-likeness (QED) is 0.701. The van der Waals surface area contributed by atoms with Gasteiger partial charge in [0.15, 0.2) is 0 Å². The third kappa shape index (κ3) is 5.42. The molecule has 2 rings (SSSR count). The Labute approximate surface area is 162 Å². The summed E-state index contributed by atoms with van der Waals surface area (Å²) < 4.78 is 1.80. The summed E-state index contributed by atoms with van der Waals surface area (Å²) >= 11 is 0. The van der Waals surface area contributed by atoms with E-state index in [9.17, 15) is 9.59 Å². The molecule has 150 valence electrons. The van der Waals surface area contributed by atoms with Crippen LogP contribution in [0.25, 0.3) is 0 Å². The van der Waals surface area contributed by atoms with Crippen LogP contribution in [0.2, 0.25) is 0 Å². The first-order valence-corrected chi connectivity index (χ1v) is 9.82. The van der Waals surface area contributed by atoms with Crippen molar-refractivity contribution in [1.82, 2.24) is 24.9 Å². The maximum atomic E-state index is 13.0. The normalized spacial score (nSPS) is 20.3. The number of hydrogen-bond acceptors (Lipinski definition) is 4. The lowest BCUT2D eigenvalue weighted by atomic mass is 10.1. The van der Waals surface area contributed by atoms with Crippen LogP contribution in [-0.4, -0.2) is 63.1 Å². The number of aromatic nitrogens is 2. The standard InChI is InChI=1S/C20H33N5O2/c1-6-9-10-19(26)21-17-11-18(20(27)24(7-2)8-3)25(14-17)13-16-12-23(5)22-15(16)4/h6,9,12,17-18H,7-8,10-11,13-14H2,1-5H3,(H,21,26)/t17-,18-/m0/s1. The molecule has 2 heterocycles. The molecule has 2 amide bonds. The van der Waals surface area contributed by atoms with Crippen LogP contribution in [0.1, 0.15) is 44.9 Å². The first-order chi connectivity index (χ1) is 12.9. The Bertz CT molecular complexity index is 678. The summed E-state index contributed by atoms with van der Waals surface area (Å²) in [5, 5.41) is 7.49. The van der Waals surface area contributed by atoms with Gasteiger partial charge in [-0.1, -0.05) is 12.2 Å². The van der Waals surface area contributed by atoms with Gasteiger partial charge in [0.25, 0.3) is 0 Å². The molecule has 7 heteroatoms. The van der Waals surface area contributed by atoms with E-state index in [0.717, 1.165) is 11.3 Å². The highest BCUT2D eigenvalue weighted by atomic mass is 16.2. The fourth-order valence-corrected chi connectivity index (χ4v) is 3.72. The molecule has 0 unspecified atom stereocenters. The molecule has 0 radical (unpaired) electrons. The smallest absolute Gasteiger partial charge is 0.240 e. The number of rotatable bonds is 8. The van der Waals surface area contributed by atoms with E-state index in [4.69, 9.17) is 0 Å². The average molecular weight is 376 g/mol. The fourth-order valence-electron chi connectivity index (χ4n) is 3.72. The summed E-state index contributed by atoms with van der Waals surface area (Å²) in [6.07, 6.45) is 6.75. The highest BCUT2D eigenvalue weighted by Gasteiger charge is 2.39. The molecular weight excluding hydrogens is 342 g/mol. The van der Waals surface area contributed by atoms with Crippen LogP contribution in [0.5, 0.6) is 0 Å². The predicted molar refractivity (Wildman–Crippen MR) is 106 cm³/mol. The Hall–Kier alpha value is -2.15. The van der Waals surface area contributed by atoms with E-state index in [2.05, 4.69) is 15.3 Å². The second kappa shape index (κ2) is 9.69. The fraction of sp³-hybridized carbons (Fsp3) is 0.650. The van der Waals surface area contributed by atoms with E-state index in [1.54, 1.807) is 4.68 Å². The Morgan fingerprint density at radius 3 is 2.63 bits per heavy atom. The van der Waals surface area contributed by atoms with Crippen molar-refractivity contribution in [1.29, 1.82) is 0 Å². The second-order valence-corrected chi connectivity index (χ2v) is 7.14. The van der Waals surface area contributed by atoms with Crippen LogP contribution in [0.15, 0.2) is 18.3 Å². The molecule has 1 saturated heterocycles. The molecule has 1 aliphatic heterocycles. The lowest BCUT2D eigenvalue weighted by molar-refractivity contribution is -0.135. The number of likely N-dealkylation sites (tertiary alicyclic amines) is 1. The minimum absolute atomic E-state index is 0.00606. The summed E-state index contributed by atoms with van der Waals surface area (Å²) in [6.45, 7) is 10.6. The van der Waals surface area contributed by atoms with Gasteiger partial charge >= 0.3 is 0 Å². The van der Waals surface area contributed by atoms with Crippen LogP contribution in [0.4, 0.5) is 0 Å². The Balaban J connectivity index is 2.14. The number of aryl methyl sites for hydroxylation is 2. The molecule has 0 spiro atoms. The van der Waals surface area contributed by atoms with Crippen molar-refractivity contribution in [2.75, 3.05) is 19.6 Å². The van der Waals surface area contributed by atoms with Crippen LogP contribution in [0, 0.1) is 6.92 Å². The van der Waals surface area contributed by atoms with Crippen molar-refractivity contribution in [2.45, 2.75) is 59.2 Å². The Morgan fingerprint density at radius 1 is 1.37 bits per heavy atom. The van der Waals surface area contributed by atoms with Crippen molar-refractivity contribution in [3.63, 3.8) is 0 Å². The summed E-state index contributed by atoms with van der Waals surface area (Å²) in [5.41, 5.74) is 2.10. The Morgan fingerprint density at radius 2 is 2.07 bits per heavy atom. The number of carbonyl (C=O) groups is 2. The zero-order valence-electron chi connectivity index (χ0n) is 17.2. The lowest BCUT2D eigenvalue weighted by Crippen LogP contribution is -2.45. The highest BCUT2D eigenvalue weighted by molar-refractivity contribution is 5.83. The van der Waals surface area contributed by atoms with Gasteiger partial charge in [-0.05, 0) is 34.1 Å². The molecule has 0 aliphatic carbocycles. The minimum Gasteiger partial charge on any atom is -0.352 e. The molecule has 1 fully saturated rings. The summed E-state index contributed by atoms with van der Waals surface area (Å²) in [4.78, 5) is 29.2. The maximum absolute atomic E-state index is 13.0. The number of nitrogens with zero attached hydrogens (tertiary/aromatic N) is 4. The molecule has 2 atom stereocenters. The maximum Gasteiger partial charge on any atom is 0.240 e. The van der Waals surface area contributed by atoms with Crippen molar-refractivity contribution in [3.05, 3.63) is 29.6 Å². The number of likely N-dealkylation sites (N-methyl/N-ethyl adjacent to an activating group) is 1. The topological polar surface area (TPSA) is 70.5 Å². The van der Waals surface area contributed by atoms with Gasteiger partial charge in [0, 0.05) is 57.4 Å².